The number of likely N-dealkylation sites (tertiary alicyclic amines) is 2. The van der Waals surface area contributed by atoms with Crippen LogP contribution in [0.1, 0.15) is 48.6 Å². The molecule has 2 heterocycles. The third kappa shape index (κ3) is 4.95. The van der Waals surface area contributed by atoms with Crippen LogP contribution in [0.25, 0.3) is 0 Å². The fourth-order valence-electron chi connectivity index (χ4n) is 4.21. The molecule has 2 aromatic rings. The maximum Gasteiger partial charge on any atom is 0.236 e. The van der Waals surface area contributed by atoms with Gasteiger partial charge in [-0.05, 0) is 48.2 Å². The predicted molar refractivity (Wildman–Crippen MR) is 123 cm³/mol. The van der Waals surface area contributed by atoms with Crippen LogP contribution in [-0.2, 0) is 19.2 Å². The van der Waals surface area contributed by atoms with Crippen LogP contribution in [0.3, 0.4) is 0 Å². The highest BCUT2D eigenvalue weighted by atomic mass is 16.5. The summed E-state index contributed by atoms with van der Waals surface area (Å²) in [6, 6.07) is 14.6. The van der Waals surface area contributed by atoms with Gasteiger partial charge in [-0.3, -0.25) is 29.0 Å². The summed E-state index contributed by atoms with van der Waals surface area (Å²) in [4.78, 5) is 50.0. The van der Waals surface area contributed by atoms with Crippen molar-refractivity contribution >= 4 is 23.6 Å². The summed E-state index contributed by atoms with van der Waals surface area (Å²) in [5.74, 6) is 0.00182. The van der Waals surface area contributed by atoms with Crippen LogP contribution in [0.4, 0.5) is 0 Å². The number of benzene rings is 2. The van der Waals surface area contributed by atoms with Crippen LogP contribution in [-0.4, -0.2) is 60.7 Å². The Labute approximate surface area is 198 Å². The summed E-state index contributed by atoms with van der Waals surface area (Å²) in [5.41, 5.74) is 1.65. The van der Waals surface area contributed by atoms with Crippen LogP contribution < -0.4 is 9.47 Å². The molecule has 0 aromatic heterocycles. The Morgan fingerprint density at radius 2 is 1.00 bits per heavy atom. The van der Waals surface area contributed by atoms with Gasteiger partial charge in [-0.25, -0.2) is 0 Å². The summed E-state index contributed by atoms with van der Waals surface area (Å²) in [7, 11) is 3.03. The molecule has 2 atom stereocenters. The van der Waals surface area contributed by atoms with Crippen LogP contribution in [0, 0.1) is 0 Å². The Morgan fingerprint density at radius 1 is 0.647 bits per heavy atom. The Morgan fingerprint density at radius 3 is 1.29 bits per heavy atom. The Balaban J connectivity index is 1.15. The molecule has 0 bridgehead atoms. The van der Waals surface area contributed by atoms with E-state index in [9.17, 15) is 19.2 Å². The van der Waals surface area contributed by atoms with Crippen molar-refractivity contribution in [3.63, 3.8) is 0 Å². The molecule has 178 valence electrons. The predicted octanol–water partition coefficient (Wildman–Crippen LogP) is 2.87. The van der Waals surface area contributed by atoms with E-state index in [-0.39, 0.29) is 36.5 Å². The first kappa shape index (κ1) is 23.5. The van der Waals surface area contributed by atoms with Crippen LogP contribution in [0.5, 0.6) is 11.5 Å². The second-order valence-corrected chi connectivity index (χ2v) is 8.64. The zero-order valence-corrected chi connectivity index (χ0v) is 19.4. The van der Waals surface area contributed by atoms with Crippen LogP contribution in [0.2, 0.25) is 0 Å². The third-order valence-electron chi connectivity index (χ3n) is 6.40. The quantitative estimate of drug-likeness (QED) is 0.419. The highest BCUT2D eigenvalue weighted by Crippen LogP contribution is 2.31. The van der Waals surface area contributed by atoms with Gasteiger partial charge in [-0.1, -0.05) is 24.3 Å². The molecule has 2 aliphatic rings. The molecule has 0 saturated carbocycles. The van der Waals surface area contributed by atoms with E-state index >= 15 is 0 Å². The molecule has 4 amide bonds. The van der Waals surface area contributed by atoms with E-state index in [0.29, 0.717) is 13.2 Å². The molecular weight excluding hydrogens is 436 g/mol. The summed E-state index contributed by atoms with van der Waals surface area (Å²) in [6.45, 7) is 1.08. The molecule has 0 unspecified atom stereocenters. The summed E-state index contributed by atoms with van der Waals surface area (Å²) < 4.78 is 11.5. The van der Waals surface area contributed by atoms with E-state index in [2.05, 4.69) is 0 Å². The SMILES string of the molecule is CN1C(=O)C[C@@H](c2ccc(OCCCCOc3ccc([C@@H]4CC(=O)N(C)C4=O)cc3)cc2)C1=O. The van der Waals surface area contributed by atoms with E-state index in [1.807, 2.05) is 48.5 Å². The summed E-state index contributed by atoms with van der Waals surface area (Å²) >= 11 is 0. The minimum Gasteiger partial charge on any atom is -0.494 e. The number of amides is 4. The van der Waals surface area contributed by atoms with Crippen molar-refractivity contribution in [2.75, 3.05) is 27.3 Å². The van der Waals surface area contributed by atoms with Gasteiger partial charge in [-0.2, -0.15) is 0 Å². The maximum atomic E-state index is 12.1. The molecule has 2 fully saturated rings. The average molecular weight is 465 g/mol. The van der Waals surface area contributed by atoms with Gasteiger partial charge in [0.25, 0.3) is 0 Å². The minimum absolute atomic E-state index is 0.151. The highest BCUT2D eigenvalue weighted by Gasteiger charge is 2.37. The standard InChI is InChI=1S/C26H28N2O6/c1-27-23(29)15-21(25(27)31)17-5-9-19(10-6-17)33-13-3-4-14-34-20-11-7-18(8-12-20)22-16-24(30)28(2)26(22)32/h5-12,21-22H,3-4,13-16H2,1-2H3/t21-,22-/m0/s1. The normalized spacial score (nSPS) is 20.4. The van der Waals surface area contributed by atoms with Gasteiger partial charge in [0.05, 0.1) is 25.0 Å². The first-order valence-electron chi connectivity index (χ1n) is 11.4. The Kier molecular flexibility index (Phi) is 6.95. The van der Waals surface area contributed by atoms with Crippen molar-refractivity contribution in [1.29, 1.82) is 0 Å². The minimum atomic E-state index is -0.403. The van der Waals surface area contributed by atoms with E-state index in [4.69, 9.17) is 9.47 Å². The third-order valence-corrected chi connectivity index (χ3v) is 6.40. The van der Waals surface area contributed by atoms with Crippen molar-refractivity contribution in [3.8, 4) is 11.5 Å². The highest BCUT2D eigenvalue weighted by molar-refractivity contribution is 6.06. The number of rotatable bonds is 9. The van der Waals surface area contributed by atoms with E-state index in [1.54, 1.807) is 0 Å². The number of ether oxygens (including phenoxy) is 2. The van der Waals surface area contributed by atoms with Crippen molar-refractivity contribution < 1.29 is 28.7 Å². The number of unbranched alkanes of at least 4 members (excludes halogenated alkanes) is 1. The lowest BCUT2D eigenvalue weighted by Gasteiger charge is -2.12. The molecule has 4 rings (SSSR count). The second kappa shape index (κ2) is 10.1. The lowest BCUT2D eigenvalue weighted by molar-refractivity contribution is -0.138. The Hall–Kier alpha value is -3.68. The van der Waals surface area contributed by atoms with Gasteiger partial charge in [0.2, 0.25) is 23.6 Å². The summed E-state index contributed by atoms with van der Waals surface area (Å²) in [5, 5.41) is 0. The van der Waals surface area contributed by atoms with Crippen LogP contribution in [0.15, 0.2) is 48.5 Å². The van der Waals surface area contributed by atoms with E-state index in [0.717, 1.165) is 35.5 Å². The van der Waals surface area contributed by atoms with Crippen molar-refractivity contribution in [1.82, 2.24) is 9.80 Å². The number of hydrogen-bond acceptors (Lipinski definition) is 6. The molecule has 0 radical (unpaired) electrons. The number of hydrogen-bond donors (Lipinski definition) is 0. The molecule has 34 heavy (non-hydrogen) atoms. The number of carbonyl (C=O) groups excluding carboxylic acids is 4. The largest absolute Gasteiger partial charge is 0.494 e. The van der Waals surface area contributed by atoms with Gasteiger partial charge in [-0.15, -0.1) is 0 Å². The van der Waals surface area contributed by atoms with E-state index < -0.39 is 11.8 Å². The smallest absolute Gasteiger partial charge is 0.236 e. The van der Waals surface area contributed by atoms with Crippen molar-refractivity contribution in [2.45, 2.75) is 37.5 Å². The van der Waals surface area contributed by atoms with Crippen molar-refractivity contribution in [3.05, 3.63) is 59.7 Å². The molecular formula is C26H28N2O6. The first-order valence-corrected chi connectivity index (χ1v) is 11.4. The van der Waals surface area contributed by atoms with Crippen molar-refractivity contribution in [2.24, 2.45) is 0 Å². The number of likely N-dealkylation sites (N-methyl/N-ethyl adjacent to an activating group) is 2. The molecule has 0 aliphatic carbocycles. The average Bonchev–Trinajstić information content (AvgIpc) is 3.26. The van der Waals surface area contributed by atoms with Gasteiger partial charge >= 0.3 is 0 Å². The number of nitrogens with zero attached hydrogens (tertiary/aromatic N) is 2. The Bertz CT molecular complexity index is 992. The monoisotopic (exact) mass is 464 g/mol. The van der Waals surface area contributed by atoms with Gasteiger partial charge in [0, 0.05) is 26.9 Å². The first-order chi connectivity index (χ1) is 16.3. The van der Waals surface area contributed by atoms with Gasteiger partial charge in [0.15, 0.2) is 0 Å². The topological polar surface area (TPSA) is 93.2 Å². The second-order valence-electron chi connectivity index (χ2n) is 8.64. The molecule has 2 saturated heterocycles. The fourth-order valence-corrected chi connectivity index (χ4v) is 4.21. The number of imide groups is 2. The van der Waals surface area contributed by atoms with Crippen LogP contribution >= 0.6 is 0 Å². The lowest BCUT2D eigenvalue weighted by Crippen LogP contribution is -2.25. The van der Waals surface area contributed by atoms with Gasteiger partial charge in [0.1, 0.15) is 11.5 Å². The molecule has 2 aliphatic heterocycles. The molecule has 8 nitrogen and oxygen atoms in total. The molecule has 2 aromatic carbocycles. The fraction of sp³-hybridized carbons (Fsp3) is 0.385. The lowest BCUT2D eigenvalue weighted by atomic mass is 9.97. The van der Waals surface area contributed by atoms with E-state index in [1.165, 1.54) is 23.9 Å². The zero-order valence-electron chi connectivity index (χ0n) is 19.4. The number of carbonyl (C=O) groups is 4. The molecule has 8 heteroatoms. The maximum absolute atomic E-state index is 12.1. The molecule has 0 spiro atoms. The molecule has 0 N–H and O–H groups in total. The summed E-state index contributed by atoms with van der Waals surface area (Å²) in [6.07, 6.45) is 2.05. The van der Waals surface area contributed by atoms with Gasteiger partial charge < -0.3 is 9.47 Å². The zero-order chi connectivity index (χ0) is 24.2.